The summed E-state index contributed by atoms with van der Waals surface area (Å²) in [5, 5.41) is 10.7. The van der Waals surface area contributed by atoms with Crippen molar-refractivity contribution in [3.8, 4) is 0 Å². The normalized spacial score (nSPS) is 24.0. The van der Waals surface area contributed by atoms with Gasteiger partial charge in [0.1, 0.15) is 0 Å². The molecule has 0 saturated carbocycles. The van der Waals surface area contributed by atoms with Gasteiger partial charge in [0.25, 0.3) is 0 Å². The van der Waals surface area contributed by atoms with Crippen LogP contribution in [0.25, 0.3) is 0 Å². The van der Waals surface area contributed by atoms with Gasteiger partial charge in [-0.1, -0.05) is 0 Å². The highest BCUT2D eigenvalue weighted by atomic mass is 32.2. The molecule has 1 heterocycles. The number of halogens is 1. The Labute approximate surface area is 121 Å². The molecule has 0 N–H and O–H groups in total. The number of ether oxygens (including phenoxy) is 1. The van der Waals surface area contributed by atoms with E-state index in [0.717, 1.165) is 18.2 Å². The van der Waals surface area contributed by atoms with Crippen LogP contribution < -0.4 is 0 Å². The van der Waals surface area contributed by atoms with Crippen molar-refractivity contribution in [3.05, 3.63) is 34.1 Å². The van der Waals surface area contributed by atoms with Crippen molar-refractivity contribution in [2.45, 2.75) is 31.0 Å². The van der Waals surface area contributed by atoms with Crippen LogP contribution in [-0.2, 0) is 14.8 Å². The van der Waals surface area contributed by atoms with E-state index in [0.29, 0.717) is 0 Å². The van der Waals surface area contributed by atoms with Crippen LogP contribution in [0.15, 0.2) is 23.1 Å². The monoisotopic (exact) mass is 318 g/mol. The number of sulfonamides is 1. The lowest BCUT2D eigenvalue weighted by Crippen LogP contribution is -2.48. The van der Waals surface area contributed by atoms with Crippen molar-refractivity contribution >= 4 is 15.7 Å². The van der Waals surface area contributed by atoms with Crippen molar-refractivity contribution < 1.29 is 22.5 Å². The molecule has 1 aliphatic rings. The maximum atomic E-state index is 13.3. The molecule has 1 aliphatic heterocycles. The lowest BCUT2D eigenvalue weighted by atomic mass is 10.3. The van der Waals surface area contributed by atoms with E-state index in [1.807, 2.05) is 0 Å². The minimum atomic E-state index is -3.92. The topological polar surface area (TPSA) is 89.8 Å². The van der Waals surface area contributed by atoms with E-state index < -0.39 is 26.5 Å². The summed E-state index contributed by atoms with van der Waals surface area (Å²) in [4.78, 5) is 9.48. The molecule has 0 bridgehead atoms. The minimum absolute atomic E-state index is 0.151. The van der Waals surface area contributed by atoms with Gasteiger partial charge in [-0.05, 0) is 26.0 Å². The van der Waals surface area contributed by atoms with E-state index in [1.165, 1.54) is 4.31 Å². The molecule has 0 aliphatic carbocycles. The molecule has 1 saturated heterocycles. The Bertz CT molecular complexity index is 654. The van der Waals surface area contributed by atoms with E-state index in [-0.39, 0.29) is 30.2 Å². The Morgan fingerprint density at radius 3 is 2.43 bits per heavy atom. The first-order valence-corrected chi connectivity index (χ1v) is 7.75. The van der Waals surface area contributed by atoms with Crippen molar-refractivity contribution in [1.82, 2.24) is 4.31 Å². The molecule has 0 aromatic heterocycles. The summed E-state index contributed by atoms with van der Waals surface area (Å²) >= 11 is 0. The van der Waals surface area contributed by atoms with E-state index in [2.05, 4.69) is 0 Å². The largest absolute Gasteiger partial charge is 0.373 e. The first-order chi connectivity index (χ1) is 9.71. The van der Waals surface area contributed by atoms with Crippen molar-refractivity contribution in [1.29, 1.82) is 0 Å². The van der Waals surface area contributed by atoms with Crippen LogP contribution in [0.5, 0.6) is 0 Å². The first-order valence-electron chi connectivity index (χ1n) is 6.31. The number of benzene rings is 1. The highest BCUT2D eigenvalue weighted by Crippen LogP contribution is 2.26. The number of hydrogen-bond acceptors (Lipinski definition) is 5. The maximum Gasteiger partial charge on any atom is 0.306 e. The lowest BCUT2D eigenvalue weighted by Gasteiger charge is -2.34. The summed E-state index contributed by atoms with van der Waals surface area (Å²) in [6.45, 7) is 3.78. The van der Waals surface area contributed by atoms with Crippen LogP contribution in [0.2, 0.25) is 0 Å². The summed E-state index contributed by atoms with van der Waals surface area (Å²) < 4.78 is 44.9. The molecule has 1 aromatic carbocycles. The molecule has 21 heavy (non-hydrogen) atoms. The lowest BCUT2D eigenvalue weighted by molar-refractivity contribution is -0.387. The molecule has 7 nitrogen and oxygen atoms in total. The predicted molar refractivity (Wildman–Crippen MR) is 71.8 cm³/mol. The summed E-state index contributed by atoms with van der Waals surface area (Å²) in [5.41, 5.74) is -0.856. The molecule has 116 valence electrons. The smallest absolute Gasteiger partial charge is 0.306 e. The third-order valence-corrected chi connectivity index (χ3v) is 4.97. The van der Waals surface area contributed by atoms with Crippen LogP contribution in [-0.4, -0.2) is 42.9 Å². The molecule has 1 aromatic rings. The Kier molecular flexibility index (Phi) is 4.26. The molecule has 0 amide bonds. The fourth-order valence-corrected chi connectivity index (χ4v) is 3.88. The second kappa shape index (κ2) is 5.66. The summed E-state index contributed by atoms with van der Waals surface area (Å²) in [7, 11) is -3.92. The number of nitro benzene ring substituents is 1. The molecule has 2 rings (SSSR count). The third-order valence-electron chi connectivity index (χ3n) is 3.14. The summed E-state index contributed by atoms with van der Waals surface area (Å²) in [5.74, 6) is -1.07. The van der Waals surface area contributed by atoms with E-state index >= 15 is 0 Å². The quantitative estimate of drug-likeness (QED) is 0.623. The molecule has 0 unspecified atom stereocenters. The Morgan fingerprint density at radius 2 is 1.90 bits per heavy atom. The highest BCUT2D eigenvalue weighted by Gasteiger charge is 2.33. The number of hydrogen-bond donors (Lipinski definition) is 0. The summed E-state index contributed by atoms with van der Waals surface area (Å²) in [6.07, 6.45) is -0.557. The van der Waals surface area contributed by atoms with Gasteiger partial charge in [-0.25, -0.2) is 8.42 Å². The zero-order valence-corrected chi connectivity index (χ0v) is 12.3. The molecule has 9 heteroatoms. The molecule has 2 atom stereocenters. The molecular formula is C12H15FN2O5S. The standard InChI is InChI=1S/C12H15FN2O5S/c1-8-6-14(7-9(2)20-8)21(18,19)10-3-4-11(13)12(5-10)15(16)17/h3-5,8-9H,6-7H2,1-2H3/t8-,9+. The van der Waals surface area contributed by atoms with Crippen LogP contribution in [0, 0.1) is 15.9 Å². The number of rotatable bonds is 3. The van der Waals surface area contributed by atoms with Crippen molar-refractivity contribution in [2.24, 2.45) is 0 Å². The van der Waals surface area contributed by atoms with Crippen molar-refractivity contribution in [3.63, 3.8) is 0 Å². The fourth-order valence-electron chi connectivity index (χ4n) is 2.27. The van der Waals surface area contributed by atoms with Gasteiger partial charge >= 0.3 is 5.69 Å². The molecule has 0 spiro atoms. The fraction of sp³-hybridized carbons (Fsp3) is 0.500. The Hall–Kier alpha value is -1.58. The first kappa shape index (κ1) is 15.8. The average molecular weight is 318 g/mol. The van der Waals surface area contributed by atoms with Crippen LogP contribution in [0.3, 0.4) is 0 Å². The van der Waals surface area contributed by atoms with Gasteiger partial charge in [-0.15, -0.1) is 0 Å². The van der Waals surface area contributed by atoms with Gasteiger partial charge in [-0.2, -0.15) is 8.70 Å². The van der Waals surface area contributed by atoms with Gasteiger partial charge in [0.15, 0.2) is 0 Å². The van der Waals surface area contributed by atoms with Gasteiger partial charge in [0.05, 0.1) is 22.0 Å². The minimum Gasteiger partial charge on any atom is -0.373 e. The predicted octanol–water partition coefficient (Wildman–Crippen LogP) is 1.53. The van der Waals surface area contributed by atoms with Crippen molar-refractivity contribution in [2.75, 3.05) is 13.1 Å². The average Bonchev–Trinajstić information content (AvgIpc) is 2.37. The van der Waals surface area contributed by atoms with E-state index in [1.54, 1.807) is 13.8 Å². The summed E-state index contributed by atoms with van der Waals surface area (Å²) in [6, 6.07) is 2.57. The molecule has 0 radical (unpaired) electrons. The van der Waals surface area contributed by atoms with Gasteiger partial charge in [0, 0.05) is 19.2 Å². The molecule has 1 fully saturated rings. The van der Waals surface area contributed by atoms with Gasteiger partial charge < -0.3 is 4.74 Å². The van der Waals surface area contributed by atoms with Gasteiger partial charge in [-0.3, -0.25) is 10.1 Å². The third kappa shape index (κ3) is 3.20. The number of morpholine rings is 1. The van der Waals surface area contributed by atoms with E-state index in [9.17, 15) is 22.9 Å². The van der Waals surface area contributed by atoms with Gasteiger partial charge in [0.2, 0.25) is 15.8 Å². The van der Waals surface area contributed by atoms with Crippen LogP contribution >= 0.6 is 0 Å². The number of nitro groups is 1. The second-order valence-corrected chi connectivity index (χ2v) is 6.89. The second-order valence-electron chi connectivity index (χ2n) is 4.95. The number of nitrogens with zero attached hydrogens (tertiary/aromatic N) is 2. The zero-order chi connectivity index (χ0) is 15.8. The Balaban J connectivity index is 2.40. The van der Waals surface area contributed by atoms with Crippen LogP contribution in [0.4, 0.5) is 10.1 Å². The highest BCUT2D eigenvalue weighted by molar-refractivity contribution is 7.89. The Morgan fingerprint density at radius 1 is 1.33 bits per heavy atom. The molecular weight excluding hydrogens is 303 g/mol. The zero-order valence-electron chi connectivity index (χ0n) is 11.5. The maximum absolute atomic E-state index is 13.3. The van der Waals surface area contributed by atoms with Crippen LogP contribution in [0.1, 0.15) is 13.8 Å². The van der Waals surface area contributed by atoms with E-state index in [4.69, 9.17) is 4.74 Å². The SMILES string of the molecule is C[C@@H]1CN(S(=O)(=O)c2ccc(F)c([N+](=O)[O-])c2)C[C@H](C)O1.